The zero-order valence-corrected chi connectivity index (χ0v) is 26.6. The number of benzene rings is 2. The first-order chi connectivity index (χ1) is 22.2. The molecule has 2 aliphatic rings. The fourth-order valence-corrected chi connectivity index (χ4v) is 7.71. The third kappa shape index (κ3) is 4.79. The van der Waals surface area contributed by atoms with Crippen LogP contribution < -0.4 is 25.8 Å². The van der Waals surface area contributed by atoms with Crippen LogP contribution in [0, 0.1) is 23.0 Å². The molecule has 0 amide bonds. The first-order valence-corrected chi connectivity index (χ1v) is 16.0. The summed E-state index contributed by atoms with van der Waals surface area (Å²) in [6.07, 6.45) is 3.62. The van der Waals surface area contributed by atoms with Crippen LogP contribution in [0.1, 0.15) is 36.9 Å². The van der Waals surface area contributed by atoms with Gasteiger partial charge in [0.25, 0.3) is 0 Å². The number of hydrogen-bond acceptors (Lipinski definition) is 11. The van der Waals surface area contributed by atoms with Gasteiger partial charge in [-0.2, -0.15) is 15.2 Å². The van der Waals surface area contributed by atoms with Gasteiger partial charge in [0.05, 0.1) is 33.3 Å². The highest BCUT2D eigenvalue weighted by Crippen LogP contribution is 2.51. The molecule has 5 aromatic rings. The molecule has 3 aromatic heterocycles. The van der Waals surface area contributed by atoms with E-state index in [0.29, 0.717) is 24.8 Å². The molecule has 2 atom stereocenters. The second-order valence-corrected chi connectivity index (χ2v) is 12.9. The molecule has 0 aliphatic carbocycles. The smallest absolute Gasteiger partial charge is 0.319 e. The number of anilines is 3. The van der Waals surface area contributed by atoms with Crippen molar-refractivity contribution in [1.82, 2.24) is 19.9 Å². The summed E-state index contributed by atoms with van der Waals surface area (Å²) < 4.78 is 44.5. The lowest BCUT2D eigenvalue weighted by molar-refractivity contribution is 0.188. The SMILES string of the molecule is C[C@H](c1cccnc1N)N1CCOc2c(Cl)c(-c3ccc(F)c4sc(N)c(C#N)c34)c(F)c3nc(OC[C@@H]4CCCN4C)nc1c23. The number of fused-ring (bicyclic) bond motifs is 1. The fraction of sp³-hybridized carbons (Fsp3) is 0.312. The van der Waals surface area contributed by atoms with E-state index in [-0.39, 0.29) is 78.2 Å². The van der Waals surface area contributed by atoms with E-state index >= 15 is 4.39 Å². The fourth-order valence-electron chi connectivity index (χ4n) is 6.43. The summed E-state index contributed by atoms with van der Waals surface area (Å²) in [4.78, 5) is 17.8. The minimum atomic E-state index is -0.796. The lowest BCUT2D eigenvalue weighted by atomic mass is 9.96. The molecular weight excluding hydrogens is 634 g/mol. The average Bonchev–Trinajstić information content (AvgIpc) is 3.55. The maximum Gasteiger partial charge on any atom is 0.319 e. The van der Waals surface area contributed by atoms with Crippen LogP contribution in [0.3, 0.4) is 0 Å². The van der Waals surface area contributed by atoms with Gasteiger partial charge in [-0.05, 0) is 51.1 Å². The summed E-state index contributed by atoms with van der Waals surface area (Å²) in [6, 6.07) is 8.10. The van der Waals surface area contributed by atoms with Gasteiger partial charge in [-0.25, -0.2) is 13.8 Å². The molecule has 0 spiro atoms. The van der Waals surface area contributed by atoms with Crippen molar-refractivity contribution in [3.63, 3.8) is 0 Å². The van der Waals surface area contributed by atoms with Crippen molar-refractivity contribution in [3.05, 3.63) is 58.2 Å². The molecule has 0 saturated carbocycles. The molecular formula is C32H29ClF2N8O2S. The lowest BCUT2D eigenvalue weighted by Crippen LogP contribution is -2.32. The Morgan fingerprint density at radius 3 is 2.78 bits per heavy atom. The molecule has 46 heavy (non-hydrogen) atoms. The van der Waals surface area contributed by atoms with Crippen LogP contribution >= 0.6 is 22.9 Å². The number of nitrogen functional groups attached to an aromatic ring is 2. The molecule has 4 N–H and O–H groups in total. The summed E-state index contributed by atoms with van der Waals surface area (Å²) in [5.41, 5.74) is 13.2. The maximum absolute atomic E-state index is 17.1. The Hall–Kier alpha value is -4.51. The number of hydrogen-bond donors (Lipinski definition) is 2. The molecule has 2 aliphatic heterocycles. The largest absolute Gasteiger partial charge is 0.489 e. The van der Waals surface area contributed by atoms with E-state index in [1.54, 1.807) is 12.3 Å². The van der Waals surface area contributed by atoms with Crippen LogP contribution in [-0.4, -0.2) is 59.2 Å². The van der Waals surface area contributed by atoms with E-state index in [0.717, 1.165) is 36.3 Å². The van der Waals surface area contributed by atoms with Crippen LogP contribution in [0.4, 0.5) is 25.4 Å². The zero-order valence-electron chi connectivity index (χ0n) is 25.0. The Morgan fingerprint density at radius 2 is 2.04 bits per heavy atom. The molecule has 0 radical (unpaired) electrons. The molecule has 236 valence electrons. The van der Waals surface area contributed by atoms with Gasteiger partial charge in [-0.15, -0.1) is 11.3 Å². The topological polar surface area (TPSA) is 139 Å². The molecule has 2 aromatic carbocycles. The number of nitriles is 1. The molecule has 5 heterocycles. The van der Waals surface area contributed by atoms with Crippen LogP contribution in [0.5, 0.6) is 11.8 Å². The van der Waals surface area contributed by atoms with Crippen molar-refractivity contribution >= 4 is 60.6 Å². The van der Waals surface area contributed by atoms with Gasteiger partial charge in [-0.1, -0.05) is 23.7 Å². The lowest BCUT2D eigenvalue weighted by Gasteiger charge is -2.30. The second kappa shape index (κ2) is 11.7. The Labute approximate surface area is 272 Å². The first-order valence-electron chi connectivity index (χ1n) is 14.8. The summed E-state index contributed by atoms with van der Waals surface area (Å²) in [5, 5.41) is 10.4. The van der Waals surface area contributed by atoms with Crippen molar-refractivity contribution in [2.24, 2.45) is 0 Å². The van der Waals surface area contributed by atoms with E-state index in [1.165, 1.54) is 12.1 Å². The number of halogens is 3. The molecule has 7 rings (SSSR count). The van der Waals surface area contributed by atoms with Crippen LogP contribution in [0.2, 0.25) is 5.02 Å². The van der Waals surface area contributed by atoms with E-state index in [1.807, 2.05) is 31.0 Å². The highest BCUT2D eigenvalue weighted by Gasteiger charge is 2.34. The van der Waals surface area contributed by atoms with Crippen LogP contribution in [-0.2, 0) is 0 Å². The number of likely N-dealkylation sites (tertiary alicyclic amines) is 1. The quantitative estimate of drug-likeness (QED) is 0.213. The first kappa shape index (κ1) is 30.2. The minimum absolute atomic E-state index is 0.0130. The average molecular weight is 663 g/mol. The van der Waals surface area contributed by atoms with E-state index in [2.05, 4.69) is 14.9 Å². The number of rotatable bonds is 6. The van der Waals surface area contributed by atoms with E-state index in [9.17, 15) is 9.65 Å². The second-order valence-electron chi connectivity index (χ2n) is 11.4. The number of thiophene rings is 1. The highest BCUT2D eigenvalue weighted by atomic mass is 35.5. The molecule has 1 saturated heterocycles. The van der Waals surface area contributed by atoms with Crippen LogP contribution in [0.25, 0.3) is 32.1 Å². The molecule has 0 bridgehead atoms. The number of ether oxygens (including phenoxy) is 2. The normalized spacial score (nSPS) is 17.2. The van der Waals surface area contributed by atoms with Crippen molar-refractivity contribution in [3.8, 4) is 29.0 Å². The highest BCUT2D eigenvalue weighted by molar-refractivity contribution is 7.23. The van der Waals surface area contributed by atoms with Crippen molar-refractivity contribution in [2.75, 3.05) is 49.7 Å². The summed E-state index contributed by atoms with van der Waals surface area (Å²) in [5.74, 6) is -0.499. The molecule has 0 unspecified atom stereocenters. The third-order valence-electron chi connectivity index (χ3n) is 8.86. The Balaban J connectivity index is 1.48. The summed E-state index contributed by atoms with van der Waals surface area (Å²) >= 11 is 7.93. The molecule has 14 heteroatoms. The van der Waals surface area contributed by atoms with Crippen molar-refractivity contribution in [1.29, 1.82) is 5.26 Å². The third-order valence-corrected chi connectivity index (χ3v) is 10.2. The number of nitrogens with zero attached hydrogens (tertiary/aromatic N) is 6. The van der Waals surface area contributed by atoms with Gasteiger partial charge in [-0.3, -0.25) is 0 Å². The summed E-state index contributed by atoms with van der Waals surface area (Å²) in [6.45, 7) is 3.73. The Morgan fingerprint density at radius 1 is 1.22 bits per heavy atom. The summed E-state index contributed by atoms with van der Waals surface area (Å²) in [7, 11) is 2.03. The van der Waals surface area contributed by atoms with E-state index in [4.69, 9.17) is 37.5 Å². The predicted molar refractivity (Wildman–Crippen MR) is 175 cm³/mol. The number of likely N-dealkylation sites (N-methyl/N-ethyl adjacent to an activating group) is 1. The predicted octanol–water partition coefficient (Wildman–Crippen LogP) is 6.31. The van der Waals surface area contributed by atoms with Crippen molar-refractivity contribution in [2.45, 2.75) is 31.8 Å². The van der Waals surface area contributed by atoms with Gasteiger partial charge >= 0.3 is 6.01 Å². The number of aromatic nitrogens is 3. The standard InChI is InChI=1S/C32H29ClF2N8O2S/c1-15(17-6-3-9-39-29(17)37)43-11-12-44-27-23-26(40-32(41-31(23)43)45-14-16-5-4-10-42(16)2)25(35)22(24(27)33)18-7-8-20(34)28-21(18)19(13-36)30(38)46-28/h3,6-9,15-16H,4-5,10-12,14,38H2,1-2H3,(H2,37,39)/t15-,16+/m1/s1. The number of nitrogens with two attached hydrogens (primary N) is 2. The van der Waals surface area contributed by atoms with Gasteiger partial charge in [0.15, 0.2) is 11.6 Å². The van der Waals surface area contributed by atoms with Gasteiger partial charge in [0.2, 0.25) is 0 Å². The van der Waals surface area contributed by atoms with Gasteiger partial charge in [0, 0.05) is 28.8 Å². The van der Waals surface area contributed by atoms with Gasteiger partial charge < -0.3 is 30.7 Å². The monoisotopic (exact) mass is 662 g/mol. The van der Waals surface area contributed by atoms with Crippen molar-refractivity contribution < 1.29 is 18.3 Å². The molecule has 10 nitrogen and oxygen atoms in total. The Bertz CT molecular complexity index is 2070. The van der Waals surface area contributed by atoms with Crippen LogP contribution in [0.15, 0.2) is 30.5 Å². The molecule has 1 fully saturated rings. The Kier molecular flexibility index (Phi) is 7.67. The zero-order chi connectivity index (χ0) is 32.3. The number of pyridine rings is 1. The van der Waals surface area contributed by atoms with E-state index < -0.39 is 11.6 Å². The minimum Gasteiger partial charge on any atom is -0.489 e. The van der Waals surface area contributed by atoms with Gasteiger partial charge in [0.1, 0.15) is 47.3 Å². The maximum atomic E-state index is 17.1.